The lowest BCUT2D eigenvalue weighted by Gasteiger charge is -2.22. The molecule has 0 radical (unpaired) electrons. The topological polar surface area (TPSA) is 26.0 Å². The Hall–Kier alpha value is -0.530. The number of nitrogens with two attached hydrogens (primary N) is 1. The molecule has 0 bridgehead atoms. The van der Waals surface area contributed by atoms with E-state index in [1.807, 2.05) is 0 Å². The fourth-order valence-electron chi connectivity index (χ4n) is 1.98. The molecule has 0 aliphatic heterocycles. The van der Waals surface area contributed by atoms with Crippen LogP contribution in [0.15, 0.2) is 18.2 Å². The summed E-state index contributed by atoms with van der Waals surface area (Å²) in [7, 11) is 0. The first kappa shape index (κ1) is 10.6. The predicted octanol–water partition coefficient (Wildman–Crippen LogP) is 2.75. The normalized spacial score (nSPS) is 20.3. The zero-order chi connectivity index (χ0) is 8.55. The standard InChI is InChI=1S/C11H15N.ClH/c1-8-5-6-10-9(7-8)3-2-4-11(10)12;/h5-7,11H,2-4,12H2,1H3;1H. The maximum Gasteiger partial charge on any atom is 0.0297 e. The number of hydrogen-bond acceptors (Lipinski definition) is 1. The predicted molar refractivity (Wildman–Crippen MR) is 58.3 cm³/mol. The fourth-order valence-corrected chi connectivity index (χ4v) is 1.98. The highest BCUT2D eigenvalue weighted by atomic mass is 35.5. The third-order valence-corrected chi connectivity index (χ3v) is 2.66. The highest BCUT2D eigenvalue weighted by molar-refractivity contribution is 5.85. The van der Waals surface area contributed by atoms with Crippen LogP contribution in [0.3, 0.4) is 0 Å². The van der Waals surface area contributed by atoms with E-state index in [9.17, 15) is 0 Å². The summed E-state index contributed by atoms with van der Waals surface area (Å²) in [5, 5.41) is 0. The minimum atomic E-state index is 0. The van der Waals surface area contributed by atoms with Crippen LogP contribution in [-0.2, 0) is 6.42 Å². The summed E-state index contributed by atoms with van der Waals surface area (Å²) in [5.41, 5.74) is 10.2. The summed E-state index contributed by atoms with van der Waals surface area (Å²) in [5.74, 6) is 0. The molecule has 1 aromatic carbocycles. The van der Waals surface area contributed by atoms with Gasteiger partial charge in [-0.15, -0.1) is 12.4 Å². The van der Waals surface area contributed by atoms with Gasteiger partial charge in [-0.25, -0.2) is 0 Å². The van der Waals surface area contributed by atoms with Crippen LogP contribution in [0.1, 0.15) is 35.6 Å². The van der Waals surface area contributed by atoms with E-state index in [-0.39, 0.29) is 18.4 Å². The first-order valence-electron chi connectivity index (χ1n) is 4.62. The van der Waals surface area contributed by atoms with Crippen LogP contribution in [0.5, 0.6) is 0 Å². The van der Waals surface area contributed by atoms with E-state index in [1.54, 1.807) is 0 Å². The molecule has 1 aliphatic carbocycles. The van der Waals surface area contributed by atoms with E-state index in [2.05, 4.69) is 25.1 Å². The van der Waals surface area contributed by atoms with Crippen molar-refractivity contribution in [1.29, 1.82) is 0 Å². The molecule has 0 saturated heterocycles. The summed E-state index contributed by atoms with van der Waals surface area (Å²) in [4.78, 5) is 0. The van der Waals surface area contributed by atoms with Gasteiger partial charge in [0.1, 0.15) is 0 Å². The minimum absolute atomic E-state index is 0. The first-order chi connectivity index (χ1) is 5.77. The van der Waals surface area contributed by atoms with Crippen molar-refractivity contribution in [3.8, 4) is 0 Å². The molecule has 2 N–H and O–H groups in total. The van der Waals surface area contributed by atoms with Gasteiger partial charge < -0.3 is 5.73 Å². The van der Waals surface area contributed by atoms with E-state index < -0.39 is 0 Å². The summed E-state index contributed by atoms with van der Waals surface area (Å²) in [6.07, 6.45) is 3.61. The van der Waals surface area contributed by atoms with Crippen LogP contribution < -0.4 is 5.73 Å². The highest BCUT2D eigenvalue weighted by Gasteiger charge is 2.15. The van der Waals surface area contributed by atoms with Crippen molar-refractivity contribution < 1.29 is 0 Å². The van der Waals surface area contributed by atoms with E-state index in [4.69, 9.17) is 5.73 Å². The van der Waals surface area contributed by atoms with Crippen molar-refractivity contribution in [3.63, 3.8) is 0 Å². The molecule has 1 aliphatic rings. The van der Waals surface area contributed by atoms with Crippen molar-refractivity contribution >= 4 is 12.4 Å². The zero-order valence-electron chi connectivity index (χ0n) is 7.92. The molecule has 0 saturated carbocycles. The lowest BCUT2D eigenvalue weighted by molar-refractivity contribution is 0.570. The molecule has 1 aromatic rings. The van der Waals surface area contributed by atoms with Crippen LogP contribution in [-0.4, -0.2) is 0 Å². The van der Waals surface area contributed by atoms with Crippen molar-refractivity contribution in [2.45, 2.75) is 32.2 Å². The molecule has 0 spiro atoms. The summed E-state index contributed by atoms with van der Waals surface area (Å²) in [6, 6.07) is 6.90. The fraction of sp³-hybridized carbons (Fsp3) is 0.455. The van der Waals surface area contributed by atoms with Crippen LogP contribution in [0.2, 0.25) is 0 Å². The molecule has 0 fully saturated rings. The van der Waals surface area contributed by atoms with Gasteiger partial charge in [0.05, 0.1) is 0 Å². The monoisotopic (exact) mass is 197 g/mol. The van der Waals surface area contributed by atoms with Crippen molar-refractivity contribution in [1.82, 2.24) is 0 Å². The Morgan fingerprint density at radius 3 is 2.92 bits per heavy atom. The highest BCUT2D eigenvalue weighted by Crippen LogP contribution is 2.28. The Morgan fingerprint density at radius 1 is 1.38 bits per heavy atom. The molecule has 1 nitrogen and oxygen atoms in total. The molecule has 1 atom stereocenters. The largest absolute Gasteiger partial charge is 0.324 e. The smallest absolute Gasteiger partial charge is 0.0297 e. The second kappa shape index (κ2) is 4.12. The number of rotatable bonds is 0. The Labute approximate surface area is 85.7 Å². The van der Waals surface area contributed by atoms with E-state index in [0.29, 0.717) is 0 Å². The SMILES string of the molecule is Cc1ccc2c(c1)CCCC2N.Cl. The third-order valence-electron chi connectivity index (χ3n) is 2.66. The Kier molecular flexibility index (Phi) is 3.34. The molecule has 13 heavy (non-hydrogen) atoms. The number of hydrogen-bond donors (Lipinski definition) is 1. The molecule has 1 unspecified atom stereocenters. The Balaban J connectivity index is 0.000000845. The van der Waals surface area contributed by atoms with Gasteiger partial charge in [0.25, 0.3) is 0 Å². The van der Waals surface area contributed by atoms with Crippen molar-refractivity contribution in [2.24, 2.45) is 5.73 Å². The van der Waals surface area contributed by atoms with Gasteiger partial charge in [0, 0.05) is 6.04 Å². The van der Waals surface area contributed by atoms with Gasteiger partial charge >= 0.3 is 0 Å². The molecule has 0 heterocycles. The average Bonchev–Trinajstić information content (AvgIpc) is 2.04. The maximum absolute atomic E-state index is 6.00. The lowest BCUT2D eigenvalue weighted by Crippen LogP contribution is -2.17. The summed E-state index contributed by atoms with van der Waals surface area (Å²) < 4.78 is 0. The van der Waals surface area contributed by atoms with Gasteiger partial charge in [0.2, 0.25) is 0 Å². The van der Waals surface area contributed by atoms with Crippen LogP contribution in [0.25, 0.3) is 0 Å². The third kappa shape index (κ3) is 2.04. The number of aryl methyl sites for hydroxylation is 2. The minimum Gasteiger partial charge on any atom is -0.324 e. The molecule has 2 rings (SSSR count). The van der Waals surface area contributed by atoms with Gasteiger partial charge in [-0.1, -0.05) is 23.8 Å². The molecule has 72 valence electrons. The second-order valence-corrected chi connectivity index (χ2v) is 3.70. The summed E-state index contributed by atoms with van der Waals surface area (Å²) >= 11 is 0. The molecular weight excluding hydrogens is 182 g/mol. The average molecular weight is 198 g/mol. The Morgan fingerprint density at radius 2 is 2.15 bits per heavy atom. The summed E-state index contributed by atoms with van der Waals surface area (Å²) in [6.45, 7) is 2.14. The van der Waals surface area contributed by atoms with Gasteiger partial charge in [-0.3, -0.25) is 0 Å². The van der Waals surface area contributed by atoms with Crippen LogP contribution in [0.4, 0.5) is 0 Å². The number of benzene rings is 1. The Bertz CT molecular complexity index is 296. The van der Waals surface area contributed by atoms with Crippen molar-refractivity contribution in [3.05, 3.63) is 34.9 Å². The number of halogens is 1. The first-order valence-corrected chi connectivity index (χ1v) is 4.62. The van der Waals surface area contributed by atoms with E-state index in [0.717, 1.165) is 6.42 Å². The van der Waals surface area contributed by atoms with Gasteiger partial charge in [0.15, 0.2) is 0 Å². The van der Waals surface area contributed by atoms with Gasteiger partial charge in [-0.05, 0) is 37.3 Å². The van der Waals surface area contributed by atoms with Crippen LogP contribution in [0, 0.1) is 6.92 Å². The molecule has 0 aromatic heterocycles. The van der Waals surface area contributed by atoms with Gasteiger partial charge in [-0.2, -0.15) is 0 Å². The lowest BCUT2D eigenvalue weighted by atomic mass is 9.87. The van der Waals surface area contributed by atoms with E-state index in [1.165, 1.54) is 29.5 Å². The molecule has 0 amide bonds. The molecule has 2 heteroatoms. The maximum atomic E-state index is 6.00. The van der Waals surface area contributed by atoms with Crippen molar-refractivity contribution in [2.75, 3.05) is 0 Å². The quantitative estimate of drug-likeness (QED) is 0.680. The second-order valence-electron chi connectivity index (χ2n) is 3.70. The number of fused-ring (bicyclic) bond motifs is 1. The van der Waals surface area contributed by atoms with E-state index >= 15 is 0 Å². The zero-order valence-corrected chi connectivity index (χ0v) is 8.73. The van der Waals surface area contributed by atoms with Crippen LogP contribution >= 0.6 is 12.4 Å². The molecular formula is C11H16ClN.